The number of rotatable bonds is 19. The summed E-state index contributed by atoms with van der Waals surface area (Å²) >= 11 is 0. The van der Waals surface area contributed by atoms with E-state index in [1.807, 2.05) is 0 Å². The minimum Gasteiger partial charge on any atom is -0.512 e. The van der Waals surface area contributed by atoms with E-state index in [2.05, 4.69) is 13.5 Å². The molecule has 0 spiro atoms. The first-order chi connectivity index (χ1) is 11.8. The maximum atomic E-state index is 9.46. The zero-order valence-corrected chi connectivity index (χ0v) is 16.5. The van der Waals surface area contributed by atoms with E-state index in [0.717, 1.165) is 12.8 Å². The number of allylic oxidation sites excluding steroid dienone is 3. The van der Waals surface area contributed by atoms with Crippen LogP contribution in [0.15, 0.2) is 24.5 Å². The lowest BCUT2D eigenvalue weighted by Crippen LogP contribution is -1.85. The van der Waals surface area contributed by atoms with E-state index in [0.29, 0.717) is 5.76 Å². The summed E-state index contributed by atoms with van der Waals surface area (Å²) in [6, 6.07) is 0. The molecule has 1 nitrogen and oxygen atoms in total. The largest absolute Gasteiger partial charge is 0.512 e. The van der Waals surface area contributed by atoms with E-state index in [9.17, 15) is 5.11 Å². The fourth-order valence-electron chi connectivity index (χ4n) is 3.25. The molecule has 0 aliphatic heterocycles. The van der Waals surface area contributed by atoms with E-state index >= 15 is 0 Å². The van der Waals surface area contributed by atoms with Crippen LogP contribution in [-0.4, -0.2) is 5.11 Å². The molecule has 0 atom stereocenters. The van der Waals surface area contributed by atoms with Gasteiger partial charge in [-0.3, -0.25) is 0 Å². The van der Waals surface area contributed by atoms with Gasteiger partial charge in [-0.05, 0) is 12.5 Å². The van der Waals surface area contributed by atoms with Crippen LogP contribution in [0.25, 0.3) is 0 Å². The Morgan fingerprint density at radius 3 is 1.29 bits per heavy atom. The maximum absolute atomic E-state index is 9.46. The van der Waals surface area contributed by atoms with Gasteiger partial charge in [-0.15, -0.1) is 0 Å². The SMILES string of the molecule is C=C/C=C(\O)CCCCCCCCCCCCCCCCCCC. The summed E-state index contributed by atoms with van der Waals surface area (Å²) in [6.07, 6.45) is 27.8. The van der Waals surface area contributed by atoms with Gasteiger partial charge in [-0.25, -0.2) is 0 Å². The Balaban J connectivity index is 3.05. The first-order valence-electron chi connectivity index (χ1n) is 10.8. The molecule has 1 N–H and O–H groups in total. The van der Waals surface area contributed by atoms with E-state index in [-0.39, 0.29) is 0 Å². The number of aliphatic hydroxyl groups excluding tert-OH is 1. The van der Waals surface area contributed by atoms with Crippen molar-refractivity contribution in [2.75, 3.05) is 0 Å². The first-order valence-corrected chi connectivity index (χ1v) is 10.8. The van der Waals surface area contributed by atoms with Gasteiger partial charge in [0.2, 0.25) is 0 Å². The Kier molecular flexibility index (Phi) is 19.7. The summed E-state index contributed by atoms with van der Waals surface area (Å²) in [5.74, 6) is 0.478. The molecule has 0 unspecified atom stereocenters. The molecule has 0 bridgehead atoms. The first kappa shape index (κ1) is 23.3. The van der Waals surface area contributed by atoms with Crippen LogP contribution >= 0.6 is 0 Å². The molecule has 0 radical (unpaired) electrons. The average molecular weight is 337 g/mol. The van der Waals surface area contributed by atoms with Gasteiger partial charge >= 0.3 is 0 Å². The molecule has 0 rings (SSSR count). The summed E-state index contributed by atoms with van der Waals surface area (Å²) in [5, 5.41) is 9.46. The lowest BCUT2D eigenvalue weighted by atomic mass is 10.0. The van der Waals surface area contributed by atoms with Crippen molar-refractivity contribution in [1.82, 2.24) is 0 Å². The van der Waals surface area contributed by atoms with E-state index in [1.54, 1.807) is 12.2 Å². The summed E-state index contributed by atoms with van der Waals surface area (Å²) in [7, 11) is 0. The van der Waals surface area contributed by atoms with Crippen molar-refractivity contribution in [3.8, 4) is 0 Å². The van der Waals surface area contributed by atoms with Gasteiger partial charge in [0.05, 0.1) is 5.76 Å². The summed E-state index contributed by atoms with van der Waals surface area (Å²) < 4.78 is 0. The molecule has 142 valence electrons. The molecular formula is C23H44O. The predicted octanol–water partition coefficient (Wildman–Crippen LogP) is 8.66. The smallest absolute Gasteiger partial charge is 0.0922 e. The van der Waals surface area contributed by atoms with E-state index < -0.39 is 0 Å². The van der Waals surface area contributed by atoms with Crippen molar-refractivity contribution in [3.05, 3.63) is 24.5 Å². The minimum absolute atomic E-state index is 0.478. The molecule has 0 heterocycles. The van der Waals surface area contributed by atoms with Crippen LogP contribution in [-0.2, 0) is 0 Å². The van der Waals surface area contributed by atoms with Crippen LogP contribution in [0.1, 0.15) is 122 Å². The van der Waals surface area contributed by atoms with Gasteiger partial charge in [-0.2, -0.15) is 0 Å². The van der Waals surface area contributed by atoms with Gasteiger partial charge in [-0.1, -0.05) is 122 Å². The highest BCUT2D eigenvalue weighted by molar-refractivity contribution is 5.02. The maximum Gasteiger partial charge on any atom is 0.0922 e. The number of aliphatic hydroxyl groups is 1. The third-order valence-electron chi connectivity index (χ3n) is 4.85. The van der Waals surface area contributed by atoms with Crippen molar-refractivity contribution in [2.24, 2.45) is 0 Å². The van der Waals surface area contributed by atoms with Gasteiger partial charge in [0.15, 0.2) is 0 Å². The highest BCUT2D eigenvalue weighted by Gasteiger charge is 1.96. The quantitative estimate of drug-likeness (QED) is 0.142. The molecule has 0 aromatic carbocycles. The summed E-state index contributed by atoms with van der Waals surface area (Å²) in [4.78, 5) is 0. The molecule has 0 aliphatic carbocycles. The van der Waals surface area contributed by atoms with Crippen LogP contribution in [0.3, 0.4) is 0 Å². The van der Waals surface area contributed by atoms with Crippen molar-refractivity contribution in [1.29, 1.82) is 0 Å². The topological polar surface area (TPSA) is 20.2 Å². The van der Waals surface area contributed by atoms with Gasteiger partial charge < -0.3 is 5.11 Å². The standard InChI is InChI=1S/C23H44O/c1-3-5-6-7-8-9-10-11-12-13-14-15-16-17-18-19-20-22-23(24)21-4-2/h4,21,24H,2-3,5-20,22H2,1H3/b23-21-. The second kappa shape index (κ2) is 20.3. The van der Waals surface area contributed by atoms with E-state index in [4.69, 9.17) is 0 Å². The second-order valence-corrected chi connectivity index (χ2v) is 7.30. The van der Waals surface area contributed by atoms with Crippen molar-refractivity contribution in [2.45, 2.75) is 122 Å². The Labute approximate surface area is 152 Å². The Morgan fingerprint density at radius 1 is 0.625 bits per heavy atom. The van der Waals surface area contributed by atoms with Crippen LogP contribution in [0, 0.1) is 0 Å². The highest BCUT2D eigenvalue weighted by Crippen LogP contribution is 2.14. The zero-order chi connectivity index (χ0) is 17.7. The predicted molar refractivity (Wildman–Crippen MR) is 110 cm³/mol. The third kappa shape index (κ3) is 19.3. The van der Waals surface area contributed by atoms with Crippen LogP contribution in [0.2, 0.25) is 0 Å². The molecule has 0 amide bonds. The number of unbranched alkanes of at least 4 members (excludes halogenated alkanes) is 16. The average Bonchev–Trinajstić information content (AvgIpc) is 2.58. The number of hydrogen-bond acceptors (Lipinski definition) is 1. The molecule has 1 heteroatoms. The fraction of sp³-hybridized carbons (Fsp3) is 0.826. The summed E-state index contributed by atoms with van der Waals surface area (Å²) in [6.45, 7) is 5.88. The van der Waals surface area contributed by atoms with Crippen molar-refractivity contribution in [3.63, 3.8) is 0 Å². The zero-order valence-electron chi connectivity index (χ0n) is 16.5. The molecule has 0 aliphatic rings. The highest BCUT2D eigenvalue weighted by atomic mass is 16.3. The summed E-state index contributed by atoms with van der Waals surface area (Å²) in [5.41, 5.74) is 0. The molecule has 24 heavy (non-hydrogen) atoms. The lowest BCUT2D eigenvalue weighted by molar-refractivity contribution is 0.380. The molecule has 0 aromatic rings. The molecule has 0 aromatic heterocycles. The lowest BCUT2D eigenvalue weighted by Gasteiger charge is -2.04. The van der Waals surface area contributed by atoms with E-state index in [1.165, 1.54) is 103 Å². The van der Waals surface area contributed by atoms with Gasteiger partial charge in [0.25, 0.3) is 0 Å². The molecule has 0 saturated heterocycles. The normalized spacial score (nSPS) is 11.8. The van der Waals surface area contributed by atoms with Crippen LogP contribution < -0.4 is 0 Å². The van der Waals surface area contributed by atoms with Crippen molar-refractivity contribution < 1.29 is 5.11 Å². The Morgan fingerprint density at radius 2 is 0.958 bits per heavy atom. The molecule has 0 saturated carbocycles. The fourth-order valence-corrected chi connectivity index (χ4v) is 3.25. The van der Waals surface area contributed by atoms with Gasteiger partial charge in [0, 0.05) is 6.42 Å². The van der Waals surface area contributed by atoms with Crippen LogP contribution in [0.5, 0.6) is 0 Å². The Hall–Kier alpha value is -0.720. The third-order valence-corrected chi connectivity index (χ3v) is 4.85. The number of hydrogen-bond donors (Lipinski definition) is 1. The molecule has 0 fully saturated rings. The van der Waals surface area contributed by atoms with Crippen molar-refractivity contribution >= 4 is 0 Å². The Bertz CT molecular complexity index is 280. The monoisotopic (exact) mass is 336 g/mol. The van der Waals surface area contributed by atoms with Crippen LogP contribution in [0.4, 0.5) is 0 Å². The molecular weight excluding hydrogens is 292 g/mol. The second-order valence-electron chi connectivity index (χ2n) is 7.30. The minimum atomic E-state index is 0.478. The van der Waals surface area contributed by atoms with Gasteiger partial charge in [0.1, 0.15) is 0 Å².